The van der Waals surface area contributed by atoms with Crippen LogP contribution in [0.2, 0.25) is 0 Å². The summed E-state index contributed by atoms with van der Waals surface area (Å²) < 4.78 is 9.04. The zero-order chi connectivity index (χ0) is 9.10. The first-order chi connectivity index (χ1) is 6.40. The van der Waals surface area contributed by atoms with Crippen LogP contribution in [-0.2, 0) is 0 Å². The average molecular weight is 196 g/mol. The maximum absolute atomic E-state index is 5.78. The molecule has 4 heteroatoms. The van der Waals surface area contributed by atoms with E-state index in [2.05, 4.69) is 16.6 Å². The van der Waals surface area contributed by atoms with Gasteiger partial charge in [-0.05, 0) is 24.4 Å². The minimum absolute atomic E-state index is 0.274. The number of nitrogens with one attached hydrogen (secondary N) is 1. The summed E-state index contributed by atoms with van der Waals surface area (Å²) in [7, 11) is 0. The molecule has 3 nitrogen and oxygen atoms in total. The third-order valence-electron chi connectivity index (χ3n) is 1.99. The van der Waals surface area contributed by atoms with E-state index in [4.69, 9.17) is 4.74 Å². The lowest BCUT2D eigenvalue weighted by atomic mass is 10.3. The molecule has 0 amide bonds. The lowest BCUT2D eigenvalue weighted by molar-refractivity contribution is 0.200. The van der Waals surface area contributed by atoms with Crippen LogP contribution in [0, 0.1) is 0 Å². The van der Waals surface area contributed by atoms with Crippen LogP contribution in [0.1, 0.15) is 13.3 Å². The van der Waals surface area contributed by atoms with Gasteiger partial charge in [-0.25, -0.2) is 0 Å². The number of aromatic nitrogens is 1. The highest BCUT2D eigenvalue weighted by Crippen LogP contribution is 2.29. The van der Waals surface area contributed by atoms with Gasteiger partial charge in [-0.2, -0.15) is 0 Å². The van der Waals surface area contributed by atoms with Gasteiger partial charge in [-0.15, -0.1) is 0 Å². The molecule has 1 aliphatic rings. The Morgan fingerprint density at radius 3 is 3.54 bits per heavy atom. The number of ether oxygens (including phenoxy) is 1. The van der Waals surface area contributed by atoms with E-state index in [0.717, 1.165) is 23.6 Å². The van der Waals surface area contributed by atoms with Gasteiger partial charge in [0.15, 0.2) is 0 Å². The summed E-state index contributed by atoms with van der Waals surface area (Å²) in [4.78, 5) is 5.12. The molecule has 0 fully saturated rings. The van der Waals surface area contributed by atoms with E-state index in [9.17, 15) is 0 Å². The zero-order valence-corrected chi connectivity index (χ0v) is 8.30. The molecule has 0 unspecified atom stereocenters. The van der Waals surface area contributed by atoms with Gasteiger partial charge in [-0.3, -0.25) is 9.71 Å². The largest absolute Gasteiger partial charge is 0.488 e. The molecule has 0 saturated heterocycles. The second-order valence-corrected chi connectivity index (χ2v) is 3.85. The molecule has 13 heavy (non-hydrogen) atoms. The summed E-state index contributed by atoms with van der Waals surface area (Å²) in [6.45, 7) is 3.01. The van der Waals surface area contributed by atoms with Gasteiger partial charge in [-0.1, -0.05) is 6.92 Å². The topological polar surface area (TPSA) is 34.2 Å². The normalized spacial score (nSPS) is 21.5. The lowest BCUT2D eigenvalue weighted by Crippen LogP contribution is -2.25. The quantitative estimate of drug-likeness (QED) is 0.695. The molecule has 1 N–H and O–H groups in total. The Bertz CT molecular complexity index is 293. The zero-order valence-electron chi connectivity index (χ0n) is 7.49. The highest BCUT2D eigenvalue weighted by atomic mass is 32.2. The van der Waals surface area contributed by atoms with E-state index < -0.39 is 0 Å². The minimum atomic E-state index is 0.274. The van der Waals surface area contributed by atoms with Gasteiger partial charge in [0, 0.05) is 18.9 Å². The second kappa shape index (κ2) is 3.98. The maximum Gasteiger partial charge on any atom is 0.137 e. The van der Waals surface area contributed by atoms with E-state index in [1.165, 1.54) is 0 Å². The van der Waals surface area contributed by atoms with Crippen molar-refractivity contribution in [2.75, 3.05) is 6.54 Å². The number of hydrogen-bond acceptors (Lipinski definition) is 4. The summed E-state index contributed by atoms with van der Waals surface area (Å²) in [6.07, 6.45) is 4.88. The molecule has 0 saturated carbocycles. The smallest absolute Gasteiger partial charge is 0.137 e. The molecule has 1 aliphatic heterocycles. The number of pyridine rings is 1. The first kappa shape index (κ1) is 8.84. The fourth-order valence-corrected chi connectivity index (χ4v) is 1.96. The molecule has 70 valence electrons. The van der Waals surface area contributed by atoms with E-state index >= 15 is 0 Å². The van der Waals surface area contributed by atoms with Crippen LogP contribution in [0.4, 0.5) is 0 Å². The molecule has 2 heterocycles. The van der Waals surface area contributed by atoms with Gasteiger partial charge < -0.3 is 4.74 Å². The molecule has 1 aromatic rings. The molecular weight excluding hydrogens is 184 g/mol. The van der Waals surface area contributed by atoms with E-state index in [1.807, 2.05) is 12.3 Å². The van der Waals surface area contributed by atoms with Crippen molar-refractivity contribution in [1.82, 2.24) is 9.71 Å². The Morgan fingerprint density at radius 1 is 1.77 bits per heavy atom. The van der Waals surface area contributed by atoms with Crippen molar-refractivity contribution in [2.24, 2.45) is 0 Å². The van der Waals surface area contributed by atoms with Crippen molar-refractivity contribution < 1.29 is 4.74 Å². The third kappa shape index (κ3) is 1.95. The van der Waals surface area contributed by atoms with Crippen molar-refractivity contribution in [3.63, 3.8) is 0 Å². The molecule has 1 atom stereocenters. The van der Waals surface area contributed by atoms with Gasteiger partial charge in [0.2, 0.25) is 0 Å². The maximum atomic E-state index is 5.78. The van der Waals surface area contributed by atoms with Crippen molar-refractivity contribution in [3.8, 4) is 5.75 Å². The Hall–Kier alpha value is -0.740. The SMILES string of the molecule is CC[C@@H]1CNSc2cnccc2O1. The van der Waals surface area contributed by atoms with Crippen LogP contribution in [0.25, 0.3) is 0 Å². The van der Waals surface area contributed by atoms with Crippen LogP contribution in [0.5, 0.6) is 5.75 Å². The second-order valence-electron chi connectivity index (χ2n) is 2.92. The monoisotopic (exact) mass is 196 g/mol. The van der Waals surface area contributed by atoms with E-state index in [1.54, 1.807) is 18.1 Å². The number of rotatable bonds is 1. The van der Waals surface area contributed by atoms with Gasteiger partial charge in [0.05, 0.1) is 4.90 Å². The van der Waals surface area contributed by atoms with Crippen molar-refractivity contribution >= 4 is 11.9 Å². The molecule has 1 aromatic heterocycles. The van der Waals surface area contributed by atoms with Gasteiger partial charge in [0.1, 0.15) is 11.9 Å². The minimum Gasteiger partial charge on any atom is -0.488 e. The predicted molar refractivity (Wildman–Crippen MR) is 52.8 cm³/mol. The standard InChI is InChI=1S/C9H12N2OS/c1-2-7-5-11-13-9-6-10-4-3-8(9)12-7/h3-4,6-7,11H,2,5H2,1H3/t7-/m1/s1. The summed E-state index contributed by atoms with van der Waals surface area (Å²) in [6, 6.07) is 1.91. The Morgan fingerprint density at radius 2 is 2.69 bits per heavy atom. The van der Waals surface area contributed by atoms with Crippen LogP contribution in [0.3, 0.4) is 0 Å². The summed E-state index contributed by atoms with van der Waals surface area (Å²) in [5.74, 6) is 0.942. The number of hydrogen-bond donors (Lipinski definition) is 1. The van der Waals surface area contributed by atoms with Crippen molar-refractivity contribution in [1.29, 1.82) is 0 Å². The molecule has 2 rings (SSSR count). The van der Waals surface area contributed by atoms with E-state index in [0.29, 0.717) is 0 Å². The number of fused-ring (bicyclic) bond motifs is 1. The van der Waals surface area contributed by atoms with Crippen LogP contribution < -0.4 is 9.46 Å². The Balaban J connectivity index is 2.23. The summed E-state index contributed by atoms with van der Waals surface area (Å²) in [5, 5.41) is 0. The van der Waals surface area contributed by atoms with Crippen LogP contribution in [-0.4, -0.2) is 17.6 Å². The first-order valence-electron chi connectivity index (χ1n) is 4.40. The first-order valence-corrected chi connectivity index (χ1v) is 5.22. The molecule has 0 bridgehead atoms. The fourth-order valence-electron chi connectivity index (χ4n) is 1.20. The Kier molecular flexibility index (Phi) is 2.71. The highest BCUT2D eigenvalue weighted by Gasteiger charge is 2.15. The highest BCUT2D eigenvalue weighted by molar-refractivity contribution is 7.97. The molecule has 0 spiro atoms. The van der Waals surface area contributed by atoms with Crippen molar-refractivity contribution in [2.45, 2.75) is 24.3 Å². The van der Waals surface area contributed by atoms with Crippen LogP contribution in [0.15, 0.2) is 23.4 Å². The molecular formula is C9H12N2OS. The predicted octanol–water partition coefficient (Wildman–Crippen LogP) is 1.85. The summed E-state index contributed by atoms with van der Waals surface area (Å²) >= 11 is 1.59. The molecule has 0 aliphatic carbocycles. The molecule has 0 radical (unpaired) electrons. The van der Waals surface area contributed by atoms with Gasteiger partial charge >= 0.3 is 0 Å². The van der Waals surface area contributed by atoms with Crippen LogP contribution >= 0.6 is 11.9 Å². The lowest BCUT2D eigenvalue weighted by Gasteiger charge is -2.13. The Labute approximate surface area is 82.0 Å². The fraction of sp³-hybridized carbons (Fsp3) is 0.444. The average Bonchev–Trinajstić information content (AvgIpc) is 2.38. The van der Waals surface area contributed by atoms with E-state index in [-0.39, 0.29) is 6.10 Å². The van der Waals surface area contributed by atoms with Crippen molar-refractivity contribution in [3.05, 3.63) is 18.5 Å². The molecule has 0 aromatic carbocycles. The third-order valence-corrected chi connectivity index (χ3v) is 2.83. The van der Waals surface area contributed by atoms with Gasteiger partial charge in [0.25, 0.3) is 0 Å². The summed E-state index contributed by atoms with van der Waals surface area (Å²) in [5.41, 5.74) is 0. The number of nitrogens with zero attached hydrogens (tertiary/aromatic N) is 1.